The number of carbonyl (C=O) groups excluding carboxylic acids is 2. The van der Waals surface area contributed by atoms with Gasteiger partial charge in [-0.05, 0) is 57.8 Å². The number of carbonyl (C=O) groups is 2. The molecule has 9 aliphatic rings. The lowest BCUT2D eigenvalue weighted by molar-refractivity contribution is -0.134. The van der Waals surface area contributed by atoms with Gasteiger partial charge < -0.3 is 97.9 Å². The summed E-state index contributed by atoms with van der Waals surface area (Å²) in [5, 5.41) is 84.9. The number of fused-ring (bicyclic) bond motifs is 5. The Morgan fingerprint density at radius 2 is 0.750 bits per heavy atom. The minimum absolute atomic E-state index is 0.0371. The van der Waals surface area contributed by atoms with Crippen LogP contribution in [0.15, 0.2) is 31.6 Å². The van der Waals surface area contributed by atoms with Crippen molar-refractivity contribution in [1.29, 1.82) is 0 Å². The molecule has 10 aromatic heterocycles. The van der Waals surface area contributed by atoms with Crippen LogP contribution in [-0.2, 0) is 33.3 Å². The van der Waals surface area contributed by atoms with Gasteiger partial charge in [-0.3, -0.25) is 43.1 Å². The van der Waals surface area contributed by atoms with Gasteiger partial charge in [0.15, 0.2) is 141 Å². The molecule has 10 aromatic rings. The van der Waals surface area contributed by atoms with Gasteiger partial charge >= 0.3 is 0 Å². The van der Waals surface area contributed by atoms with Gasteiger partial charge in [-0.15, -0.1) is 0 Å². The first-order valence-electron chi connectivity index (χ1n) is 41.1. The second kappa shape index (κ2) is 36.4. The number of anilines is 9. The van der Waals surface area contributed by atoms with Crippen LogP contribution in [0.2, 0.25) is 5.15 Å². The lowest BCUT2D eigenvalue weighted by Gasteiger charge is -2.28. The van der Waals surface area contributed by atoms with Crippen LogP contribution in [0.5, 0.6) is 0 Å². The number of nitrogens with zero attached hydrogens (tertiary/aromatic N) is 20. The molecule has 19 N–H and O–H groups in total. The molecule has 49 heteroatoms. The van der Waals surface area contributed by atoms with E-state index in [1.807, 2.05) is 13.8 Å². The summed E-state index contributed by atoms with van der Waals surface area (Å²) in [6, 6.07) is 1.34. The standard InChI is InChI=1S/C19H27FN6O4.C18H25FN6O3.C15H21FN6O.C13H17FN6O3.C10H11ClFN5O3/c1-9(2)16(29)25-18-23-14(22-11-4-5-11)13-15(24-18)26(8-21-13)17-12(20)10(3)19(6-27,7-28)30-17;1-8(2)16(27)24-18-22-14(21-10-4-5-10)13-15(23-18)25(7-20-13)17-12(19)9(3)11(6-26)28-17;1-3-9-7(2)10(16)14(23-9)22-6-18-11-12(19-8-4-5-8)20-15(17)21-13(11)22;14-7-9(22)6(3-21)23-12(7)20-4-16-8-10(17-5-1-2-5)18-13(15)19-11(8)20;11-7-5-8(16-10(13)15-7)17(2-14-5)9-4(12)6(19)3(1-18)20-9/h8-12,17,27-28H,4-7H2,1-3H3,(H2,22,23,24,25,29);7-12,17,26H,4-6H2,1-3H3,(H2,21,22,23,24,27);6-10,14H,3-5H2,1-2H3,(H3,17,19,20,21);4-7,9,12,21-22H,1-3H2,(H3,15,17,18,19);2-4,6,9,18-19H,1H2,(H2,13,15,16)/t10-,12+,17+;9-,11-,12-,17-;7-,9-,10-,14-;6-,7-,9-,12-;3-,4-,6-,9-/m01111/s1. The molecule has 5 aliphatic heterocycles. The molecule has 124 heavy (non-hydrogen) atoms. The molecule has 2 amide bonds. The molecule has 0 spiro atoms. The minimum atomic E-state index is -1.74. The molecule has 672 valence electrons. The molecular weight excluding hydrogens is 1660 g/mol. The lowest BCUT2D eigenvalue weighted by atomic mass is 9.89. The van der Waals surface area contributed by atoms with Crippen molar-refractivity contribution in [2.45, 2.75) is 242 Å². The lowest BCUT2D eigenvalue weighted by Crippen LogP contribution is -2.43. The Bertz CT molecular complexity index is 5340. The number of ether oxygens (including phenoxy) is 5. The van der Waals surface area contributed by atoms with Gasteiger partial charge in [-0.25, -0.2) is 46.9 Å². The van der Waals surface area contributed by atoms with E-state index in [0.29, 0.717) is 86.1 Å². The summed E-state index contributed by atoms with van der Waals surface area (Å²) in [6.07, 6.45) is -1.76. The zero-order valence-corrected chi connectivity index (χ0v) is 69.4. The van der Waals surface area contributed by atoms with Crippen molar-refractivity contribution in [2.24, 2.45) is 29.6 Å². The smallest absolute Gasteiger partial charge is 0.233 e. The van der Waals surface area contributed by atoms with E-state index in [0.717, 1.165) is 57.8 Å². The van der Waals surface area contributed by atoms with Gasteiger partial charge in [0.2, 0.25) is 41.6 Å². The van der Waals surface area contributed by atoms with Crippen molar-refractivity contribution in [1.82, 2.24) is 97.6 Å². The third-order valence-electron chi connectivity index (χ3n) is 23.0. The molecule has 19 atom stereocenters. The summed E-state index contributed by atoms with van der Waals surface area (Å²) in [6.45, 7) is 12.0. The average Bonchev–Trinajstić information content (AvgIpc) is 1.63. The first-order chi connectivity index (χ1) is 59.4. The molecule has 43 nitrogen and oxygen atoms in total. The monoisotopic (exact) mass is 1760 g/mol. The Hall–Kier alpha value is -10.2. The highest BCUT2D eigenvalue weighted by molar-refractivity contribution is 6.33. The summed E-state index contributed by atoms with van der Waals surface area (Å²) in [5.74, 6) is 0.0733. The molecule has 19 rings (SSSR count). The van der Waals surface area contributed by atoms with Gasteiger partial charge in [0.1, 0.15) is 35.5 Å². The molecule has 9 fully saturated rings. The Morgan fingerprint density at radius 1 is 0.444 bits per heavy atom. The number of nitrogen functional groups attached to an aromatic ring is 3. The van der Waals surface area contributed by atoms with Crippen molar-refractivity contribution in [3.05, 3.63) is 36.8 Å². The zero-order valence-electron chi connectivity index (χ0n) is 68.7. The minimum Gasteiger partial charge on any atom is -0.394 e. The van der Waals surface area contributed by atoms with Crippen molar-refractivity contribution in [3.8, 4) is 0 Å². The number of hydrogen-bond donors (Lipinski definition) is 16. The molecule has 0 aromatic carbocycles. The summed E-state index contributed by atoms with van der Waals surface area (Å²) in [7, 11) is 0. The first kappa shape index (κ1) is 88.6. The van der Waals surface area contributed by atoms with Crippen LogP contribution >= 0.6 is 11.6 Å². The number of nitrogens with two attached hydrogens (primary N) is 3. The Morgan fingerprint density at radius 3 is 1.06 bits per heavy atom. The number of nitrogens with one attached hydrogen (secondary N) is 6. The van der Waals surface area contributed by atoms with Crippen LogP contribution in [0.3, 0.4) is 0 Å². The summed E-state index contributed by atoms with van der Waals surface area (Å²) in [5.41, 5.74) is 19.6. The van der Waals surface area contributed by atoms with Crippen LogP contribution in [0.25, 0.3) is 55.8 Å². The Kier molecular flexibility index (Phi) is 26.0. The fourth-order valence-corrected chi connectivity index (χ4v) is 15.0. The number of aliphatic hydroxyl groups is 7. The van der Waals surface area contributed by atoms with Gasteiger partial charge in [0.05, 0.1) is 76.9 Å². The van der Waals surface area contributed by atoms with Crippen molar-refractivity contribution in [2.75, 3.05) is 82.1 Å². The summed E-state index contributed by atoms with van der Waals surface area (Å²) in [4.78, 5) is 87.6. The number of aliphatic hydroxyl groups excluding tert-OH is 7. The third-order valence-corrected chi connectivity index (χ3v) is 23.3. The highest BCUT2D eigenvalue weighted by Crippen LogP contribution is 2.47. The highest BCUT2D eigenvalue weighted by Gasteiger charge is 2.55. The number of alkyl halides is 5. The first-order valence-corrected chi connectivity index (χ1v) is 41.5. The van der Waals surface area contributed by atoms with Gasteiger partial charge in [-0.2, -0.15) is 49.8 Å². The van der Waals surface area contributed by atoms with E-state index < -0.39 is 136 Å². The van der Waals surface area contributed by atoms with Gasteiger partial charge in [0, 0.05) is 53.8 Å². The number of hydrogen-bond acceptors (Lipinski definition) is 36. The molecule has 4 aliphatic carbocycles. The quantitative estimate of drug-likeness (QED) is 0.0308. The van der Waals surface area contributed by atoms with E-state index >= 15 is 4.39 Å². The summed E-state index contributed by atoms with van der Waals surface area (Å²) < 4.78 is 108. The number of rotatable bonds is 23. The molecular formula is C75H101ClF5N29O14. The molecule has 0 bridgehead atoms. The van der Waals surface area contributed by atoms with E-state index in [9.17, 15) is 52.7 Å². The molecule has 15 heterocycles. The van der Waals surface area contributed by atoms with E-state index in [4.69, 9.17) is 62.7 Å². The van der Waals surface area contributed by atoms with E-state index in [1.165, 1.54) is 43.6 Å². The maximum absolute atomic E-state index is 15.2. The third kappa shape index (κ3) is 18.0. The van der Waals surface area contributed by atoms with Crippen molar-refractivity contribution >= 4 is 132 Å². The normalized spacial score (nSPS) is 28.8. The molecule has 0 radical (unpaired) electrons. The zero-order chi connectivity index (χ0) is 88.3. The van der Waals surface area contributed by atoms with Gasteiger partial charge in [0.25, 0.3) is 0 Å². The number of imidazole rings is 5. The SMILES string of the molecule is CC(C)C(=O)Nc1nc(NC2CC2)c2ncn([C@@H]3OC(CO)(CO)[C@@H](C)[C@H]3F)c2n1.CC(C)C(=O)Nc1nc(NC2CC2)c2ncn([C@@H]3O[C@H](CO)[C@@H](C)[C@H]3F)c2n1.CC[C@H]1O[C@@H](n2cnc3c(NC4CC4)nc(N)nc32)[C@H](F)[C@@H]1C.Nc1nc(Cl)c2ncn([C@@H]3O[C@H](CO)[C@@H](O)[C@H]3F)c2n1.Nc1nc(NC2CC2)c2ncn([C@@H]3O[C@H](CO)[C@@H](O)[C@H]3F)c2n1. The topological polar surface area (TPSA) is 590 Å². The maximum atomic E-state index is 15.2. The fraction of sp³-hybridized carbons (Fsp3) is 0.640. The van der Waals surface area contributed by atoms with Gasteiger partial charge in [-0.1, -0.05) is 67.0 Å². The van der Waals surface area contributed by atoms with Crippen LogP contribution in [0.1, 0.15) is 144 Å². The Balaban J connectivity index is 0.000000121. The van der Waals surface area contributed by atoms with Crippen LogP contribution in [-0.4, -0.2) is 275 Å². The maximum Gasteiger partial charge on any atom is 0.233 e. The van der Waals surface area contributed by atoms with Crippen LogP contribution in [0, 0.1) is 29.6 Å². The predicted octanol–water partition coefficient (Wildman–Crippen LogP) is 4.57. The second-order valence-electron chi connectivity index (χ2n) is 32.9. The van der Waals surface area contributed by atoms with E-state index in [1.54, 1.807) is 52.4 Å². The molecule has 0 unspecified atom stereocenters. The second-order valence-corrected chi connectivity index (χ2v) is 33.3. The largest absolute Gasteiger partial charge is 0.394 e. The van der Waals surface area contributed by atoms with Crippen molar-refractivity contribution in [3.63, 3.8) is 0 Å². The number of aromatic nitrogens is 20. The predicted molar refractivity (Wildman–Crippen MR) is 437 cm³/mol. The van der Waals surface area contributed by atoms with E-state index in [-0.39, 0.29) is 94.4 Å². The number of amides is 2. The molecule has 5 saturated heterocycles. The van der Waals surface area contributed by atoms with Crippen molar-refractivity contribution < 1.29 is 91.0 Å². The van der Waals surface area contributed by atoms with Crippen LogP contribution < -0.4 is 49.1 Å². The average molecular weight is 1760 g/mol. The molecule has 4 saturated carbocycles. The summed E-state index contributed by atoms with van der Waals surface area (Å²) >= 11 is 5.87. The van der Waals surface area contributed by atoms with E-state index in [2.05, 4.69) is 107 Å². The Labute approximate surface area is 708 Å². The highest BCUT2D eigenvalue weighted by atomic mass is 35.5. The number of halogens is 6. The fourth-order valence-electron chi connectivity index (χ4n) is 14.8. The van der Waals surface area contributed by atoms with Crippen LogP contribution in [0.4, 0.5) is 75.0 Å².